The van der Waals surface area contributed by atoms with Gasteiger partial charge in [0.05, 0.1) is 6.04 Å². The third kappa shape index (κ3) is 3.55. The van der Waals surface area contributed by atoms with Crippen molar-refractivity contribution in [1.82, 2.24) is 4.90 Å². The SMILES string of the molecule is O=C1CC[C@@H](C(=O)N(C[C@H]2CC=CCC2)[C@H]2CCCc3ccccc32)O1. The highest BCUT2D eigenvalue weighted by atomic mass is 16.6. The number of amides is 1. The van der Waals surface area contributed by atoms with Gasteiger partial charge >= 0.3 is 5.97 Å². The second-order valence-corrected chi connectivity index (χ2v) is 7.77. The van der Waals surface area contributed by atoms with Crippen LogP contribution in [-0.2, 0) is 20.7 Å². The van der Waals surface area contributed by atoms with E-state index in [0.717, 1.165) is 45.1 Å². The Morgan fingerprint density at radius 2 is 2.00 bits per heavy atom. The third-order valence-electron chi connectivity index (χ3n) is 5.99. The Kier molecular flexibility index (Phi) is 5.09. The van der Waals surface area contributed by atoms with E-state index in [9.17, 15) is 9.59 Å². The molecule has 0 bridgehead atoms. The van der Waals surface area contributed by atoms with Crippen LogP contribution in [0.15, 0.2) is 36.4 Å². The molecule has 1 aromatic carbocycles. The number of hydrogen-bond donors (Lipinski definition) is 0. The molecule has 0 radical (unpaired) electrons. The summed E-state index contributed by atoms with van der Waals surface area (Å²) in [5.41, 5.74) is 2.64. The quantitative estimate of drug-likeness (QED) is 0.608. The first-order valence-electron chi connectivity index (χ1n) is 9.95. The molecule has 4 nitrogen and oxygen atoms in total. The zero-order valence-corrected chi connectivity index (χ0v) is 15.2. The summed E-state index contributed by atoms with van der Waals surface area (Å²) in [6.07, 6.45) is 11.2. The average Bonchev–Trinajstić information content (AvgIpc) is 3.12. The number of esters is 1. The molecular weight excluding hydrogens is 326 g/mol. The predicted octanol–water partition coefficient (Wildman–Crippen LogP) is 3.95. The Morgan fingerprint density at radius 3 is 2.77 bits per heavy atom. The maximum Gasteiger partial charge on any atom is 0.306 e. The number of rotatable bonds is 4. The molecule has 1 aromatic rings. The van der Waals surface area contributed by atoms with Gasteiger partial charge in [-0.05, 0) is 55.6 Å². The molecular formula is C22H27NO3. The lowest BCUT2D eigenvalue weighted by Gasteiger charge is -2.39. The van der Waals surface area contributed by atoms with Gasteiger partial charge < -0.3 is 9.64 Å². The highest BCUT2D eigenvalue weighted by Crippen LogP contribution is 2.37. The maximum atomic E-state index is 13.3. The highest BCUT2D eigenvalue weighted by molar-refractivity contribution is 5.87. The Hall–Kier alpha value is -2.10. The topological polar surface area (TPSA) is 46.6 Å². The van der Waals surface area contributed by atoms with Crippen molar-refractivity contribution in [2.75, 3.05) is 6.54 Å². The summed E-state index contributed by atoms with van der Waals surface area (Å²) in [5.74, 6) is 0.259. The second kappa shape index (κ2) is 7.65. The number of fused-ring (bicyclic) bond motifs is 1. The normalized spacial score (nSPS) is 27.7. The van der Waals surface area contributed by atoms with Crippen LogP contribution in [0.5, 0.6) is 0 Å². The predicted molar refractivity (Wildman–Crippen MR) is 99.4 cm³/mol. The molecule has 0 unspecified atom stereocenters. The van der Waals surface area contributed by atoms with Crippen LogP contribution < -0.4 is 0 Å². The first-order valence-corrected chi connectivity index (χ1v) is 9.95. The van der Waals surface area contributed by atoms with Crippen LogP contribution in [-0.4, -0.2) is 29.4 Å². The van der Waals surface area contributed by atoms with Gasteiger partial charge in [0.2, 0.25) is 0 Å². The zero-order chi connectivity index (χ0) is 17.9. The number of carbonyl (C=O) groups is 2. The van der Waals surface area contributed by atoms with E-state index >= 15 is 0 Å². The van der Waals surface area contributed by atoms with E-state index in [0.29, 0.717) is 18.8 Å². The van der Waals surface area contributed by atoms with Gasteiger partial charge in [0.25, 0.3) is 5.91 Å². The molecule has 3 atom stereocenters. The highest BCUT2D eigenvalue weighted by Gasteiger charge is 2.38. The smallest absolute Gasteiger partial charge is 0.306 e. The summed E-state index contributed by atoms with van der Waals surface area (Å²) in [6.45, 7) is 0.760. The van der Waals surface area contributed by atoms with Crippen molar-refractivity contribution in [2.45, 2.75) is 63.5 Å². The van der Waals surface area contributed by atoms with Gasteiger partial charge in [0.1, 0.15) is 0 Å². The minimum absolute atomic E-state index is 0.00658. The molecule has 1 aliphatic heterocycles. The van der Waals surface area contributed by atoms with Gasteiger partial charge in [-0.2, -0.15) is 0 Å². The van der Waals surface area contributed by atoms with Crippen LogP contribution in [0.3, 0.4) is 0 Å². The molecule has 138 valence electrons. The van der Waals surface area contributed by atoms with Gasteiger partial charge in [0, 0.05) is 19.4 Å². The van der Waals surface area contributed by atoms with Crippen LogP contribution in [0.25, 0.3) is 0 Å². The lowest BCUT2D eigenvalue weighted by atomic mass is 9.85. The Morgan fingerprint density at radius 1 is 1.12 bits per heavy atom. The monoisotopic (exact) mass is 353 g/mol. The van der Waals surface area contributed by atoms with Gasteiger partial charge in [0.15, 0.2) is 6.10 Å². The summed E-state index contributed by atoms with van der Waals surface area (Å²) >= 11 is 0. The molecule has 1 heterocycles. The lowest BCUT2D eigenvalue weighted by molar-refractivity contribution is -0.155. The van der Waals surface area contributed by atoms with E-state index in [1.165, 1.54) is 11.1 Å². The van der Waals surface area contributed by atoms with E-state index in [1.807, 2.05) is 4.90 Å². The van der Waals surface area contributed by atoms with Gasteiger partial charge in [-0.25, -0.2) is 0 Å². The van der Waals surface area contributed by atoms with Crippen molar-refractivity contribution < 1.29 is 14.3 Å². The van der Waals surface area contributed by atoms with Crippen LogP contribution in [0.4, 0.5) is 0 Å². The molecule has 0 spiro atoms. The molecule has 0 saturated carbocycles. The number of carbonyl (C=O) groups excluding carboxylic acids is 2. The number of aryl methyl sites for hydroxylation is 1. The number of nitrogens with zero attached hydrogens (tertiary/aromatic N) is 1. The van der Waals surface area contributed by atoms with Crippen molar-refractivity contribution in [1.29, 1.82) is 0 Å². The lowest BCUT2D eigenvalue weighted by Crippen LogP contribution is -2.45. The summed E-state index contributed by atoms with van der Waals surface area (Å²) in [7, 11) is 0. The van der Waals surface area contributed by atoms with E-state index in [4.69, 9.17) is 4.74 Å². The van der Waals surface area contributed by atoms with Crippen molar-refractivity contribution in [3.05, 3.63) is 47.5 Å². The van der Waals surface area contributed by atoms with E-state index in [2.05, 4.69) is 36.4 Å². The Labute approximate surface area is 155 Å². The second-order valence-electron chi connectivity index (χ2n) is 7.77. The fourth-order valence-corrected chi connectivity index (χ4v) is 4.61. The van der Waals surface area contributed by atoms with Crippen molar-refractivity contribution in [3.8, 4) is 0 Å². The van der Waals surface area contributed by atoms with Crippen LogP contribution in [0.1, 0.15) is 62.1 Å². The molecule has 3 aliphatic rings. The van der Waals surface area contributed by atoms with Gasteiger partial charge in [-0.3, -0.25) is 9.59 Å². The molecule has 4 rings (SSSR count). The van der Waals surface area contributed by atoms with E-state index < -0.39 is 6.10 Å². The molecule has 1 amide bonds. The third-order valence-corrected chi connectivity index (χ3v) is 5.99. The largest absolute Gasteiger partial charge is 0.452 e. The van der Waals surface area contributed by atoms with Crippen molar-refractivity contribution >= 4 is 11.9 Å². The van der Waals surface area contributed by atoms with E-state index in [-0.39, 0.29) is 17.9 Å². The average molecular weight is 353 g/mol. The standard InChI is InChI=1S/C22H27NO3/c24-21-14-13-20(26-21)22(25)23(15-16-7-2-1-3-8-16)19-12-6-10-17-9-4-5-11-18(17)19/h1-2,4-5,9,11,16,19-20H,3,6-8,10,12-15H2/t16-,19-,20-/m0/s1. The fourth-order valence-electron chi connectivity index (χ4n) is 4.61. The number of ether oxygens (including phenoxy) is 1. The van der Waals surface area contributed by atoms with Crippen molar-refractivity contribution in [3.63, 3.8) is 0 Å². The van der Waals surface area contributed by atoms with Crippen LogP contribution in [0.2, 0.25) is 0 Å². The molecule has 4 heteroatoms. The first kappa shape index (κ1) is 17.3. The number of cyclic esters (lactones) is 1. The molecule has 1 saturated heterocycles. The summed E-state index contributed by atoms with van der Waals surface area (Å²) < 4.78 is 5.33. The molecule has 1 fully saturated rings. The zero-order valence-electron chi connectivity index (χ0n) is 15.2. The Balaban J connectivity index is 1.61. The van der Waals surface area contributed by atoms with Gasteiger partial charge in [-0.1, -0.05) is 36.4 Å². The molecule has 0 N–H and O–H groups in total. The number of benzene rings is 1. The Bertz CT molecular complexity index is 711. The van der Waals surface area contributed by atoms with Crippen LogP contribution in [0, 0.1) is 5.92 Å². The minimum Gasteiger partial charge on any atom is -0.452 e. The molecule has 26 heavy (non-hydrogen) atoms. The van der Waals surface area contributed by atoms with Crippen LogP contribution >= 0.6 is 0 Å². The van der Waals surface area contributed by atoms with E-state index in [1.54, 1.807) is 0 Å². The summed E-state index contributed by atoms with van der Waals surface area (Å²) in [6, 6.07) is 8.61. The molecule has 0 aromatic heterocycles. The summed E-state index contributed by atoms with van der Waals surface area (Å²) in [5, 5.41) is 0. The first-order chi connectivity index (χ1) is 12.7. The number of allylic oxidation sites excluding steroid dienone is 2. The van der Waals surface area contributed by atoms with Crippen molar-refractivity contribution in [2.24, 2.45) is 5.92 Å². The number of hydrogen-bond acceptors (Lipinski definition) is 3. The maximum absolute atomic E-state index is 13.3. The minimum atomic E-state index is -0.587. The summed E-state index contributed by atoms with van der Waals surface area (Å²) in [4.78, 5) is 26.9. The molecule has 2 aliphatic carbocycles. The van der Waals surface area contributed by atoms with Gasteiger partial charge in [-0.15, -0.1) is 0 Å². The fraction of sp³-hybridized carbons (Fsp3) is 0.545.